The maximum Gasteiger partial charge on any atom is 0.231 e. The highest BCUT2D eigenvalue weighted by Crippen LogP contribution is 2.53. The van der Waals surface area contributed by atoms with E-state index in [4.69, 9.17) is 4.52 Å². The minimum atomic E-state index is -0.362. The van der Waals surface area contributed by atoms with Gasteiger partial charge in [0.05, 0.1) is 11.3 Å². The largest absolute Gasteiger partial charge is 0.339 e. The van der Waals surface area contributed by atoms with E-state index in [1.165, 1.54) is 6.07 Å². The van der Waals surface area contributed by atoms with Crippen LogP contribution >= 0.6 is 0 Å². The number of aromatic nitrogens is 2. The van der Waals surface area contributed by atoms with Crippen LogP contribution in [0.25, 0.3) is 0 Å². The maximum atomic E-state index is 14.0. The third-order valence-electron chi connectivity index (χ3n) is 4.42. The van der Waals surface area contributed by atoms with Crippen molar-refractivity contribution in [2.75, 3.05) is 13.1 Å². The fraction of sp³-hybridized carbons (Fsp3) is 0.467. The van der Waals surface area contributed by atoms with Gasteiger partial charge >= 0.3 is 0 Å². The van der Waals surface area contributed by atoms with Crippen molar-refractivity contribution >= 4 is 0 Å². The predicted octanol–water partition coefficient (Wildman–Crippen LogP) is 2.37. The monoisotopic (exact) mass is 273 g/mol. The summed E-state index contributed by atoms with van der Waals surface area (Å²) in [6.07, 6.45) is 2.79. The van der Waals surface area contributed by atoms with E-state index in [2.05, 4.69) is 15.5 Å². The van der Waals surface area contributed by atoms with Crippen LogP contribution in [0.4, 0.5) is 4.39 Å². The lowest BCUT2D eigenvalue weighted by Crippen LogP contribution is -2.13. The highest BCUT2D eigenvalue weighted by molar-refractivity contribution is 5.39. The van der Waals surface area contributed by atoms with Crippen LogP contribution in [0.1, 0.15) is 42.5 Å². The molecule has 0 spiro atoms. The Morgan fingerprint density at radius 1 is 1.30 bits per heavy atom. The number of hydrogen-bond acceptors (Lipinski definition) is 4. The quantitative estimate of drug-likeness (QED) is 0.932. The molecule has 20 heavy (non-hydrogen) atoms. The molecule has 1 aliphatic heterocycles. The van der Waals surface area contributed by atoms with E-state index in [-0.39, 0.29) is 11.2 Å². The third-order valence-corrected chi connectivity index (χ3v) is 4.42. The smallest absolute Gasteiger partial charge is 0.231 e. The molecular formula is C15H16FN3O. The van der Waals surface area contributed by atoms with Gasteiger partial charge in [-0.1, -0.05) is 23.4 Å². The van der Waals surface area contributed by atoms with Gasteiger partial charge in [-0.15, -0.1) is 0 Å². The molecule has 0 radical (unpaired) electrons. The molecule has 1 saturated carbocycles. The zero-order chi connectivity index (χ0) is 13.6. The Labute approximate surface area is 116 Å². The van der Waals surface area contributed by atoms with Gasteiger partial charge < -0.3 is 9.84 Å². The first kappa shape index (κ1) is 12.0. The van der Waals surface area contributed by atoms with Gasteiger partial charge in [-0.05, 0) is 31.9 Å². The van der Waals surface area contributed by atoms with Crippen molar-refractivity contribution in [2.24, 2.45) is 0 Å². The fourth-order valence-electron chi connectivity index (χ4n) is 3.05. The Hall–Kier alpha value is -1.75. The van der Waals surface area contributed by atoms with E-state index in [1.54, 1.807) is 6.07 Å². The van der Waals surface area contributed by atoms with Crippen molar-refractivity contribution in [3.8, 4) is 0 Å². The summed E-state index contributed by atoms with van der Waals surface area (Å²) >= 11 is 0. The molecule has 104 valence electrons. The molecule has 1 N–H and O–H groups in total. The molecule has 1 aromatic carbocycles. The second kappa shape index (κ2) is 4.38. The van der Waals surface area contributed by atoms with Gasteiger partial charge in [-0.25, -0.2) is 4.39 Å². The van der Waals surface area contributed by atoms with Gasteiger partial charge in [-0.3, -0.25) is 0 Å². The second-order valence-corrected chi connectivity index (χ2v) is 5.71. The molecule has 1 atom stereocenters. The molecule has 2 fully saturated rings. The van der Waals surface area contributed by atoms with E-state index in [1.807, 2.05) is 12.1 Å². The van der Waals surface area contributed by atoms with Gasteiger partial charge in [-0.2, -0.15) is 4.98 Å². The molecule has 4 rings (SSSR count). The SMILES string of the molecule is Fc1ccccc1C1(c2noc(C3CCNC3)n2)CC1. The molecule has 4 nitrogen and oxygen atoms in total. The van der Waals surface area contributed by atoms with E-state index in [0.717, 1.165) is 32.4 Å². The van der Waals surface area contributed by atoms with Crippen LogP contribution in [0.5, 0.6) is 0 Å². The van der Waals surface area contributed by atoms with Crippen LogP contribution < -0.4 is 5.32 Å². The van der Waals surface area contributed by atoms with Crippen LogP contribution in [-0.4, -0.2) is 23.2 Å². The fourth-order valence-corrected chi connectivity index (χ4v) is 3.05. The van der Waals surface area contributed by atoms with Crippen molar-refractivity contribution in [2.45, 2.75) is 30.6 Å². The Morgan fingerprint density at radius 2 is 2.15 bits per heavy atom. The molecule has 0 bridgehead atoms. The molecular weight excluding hydrogens is 257 g/mol. The molecule has 1 unspecified atom stereocenters. The summed E-state index contributed by atoms with van der Waals surface area (Å²) in [5.74, 6) is 1.45. The predicted molar refractivity (Wildman–Crippen MR) is 70.9 cm³/mol. The minimum absolute atomic E-state index is 0.182. The number of nitrogens with one attached hydrogen (secondary N) is 1. The zero-order valence-electron chi connectivity index (χ0n) is 11.1. The summed E-state index contributed by atoms with van der Waals surface area (Å²) in [6, 6.07) is 6.90. The number of halogens is 1. The zero-order valence-corrected chi connectivity index (χ0v) is 11.1. The summed E-state index contributed by atoms with van der Waals surface area (Å²) in [7, 11) is 0. The third kappa shape index (κ3) is 1.77. The van der Waals surface area contributed by atoms with Crippen molar-refractivity contribution in [3.63, 3.8) is 0 Å². The van der Waals surface area contributed by atoms with Crippen molar-refractivity contribution in [1.82, 2.24) is 15.5 Å². The van der Waals surface area contributed by atoms with Crippen LogP contribution in [0.3, 0.4) is 0 Å². The molecule has 2 aliphatic rings. The Bertz CT molecular complexity index is 630. The number of nitrogens with zero attached hydrogens (tertiary/aromatic N) is 2. The number of benzene rings is 1. The van der Waals surface area contributed by atoms with Gasteiger partial charge in [0.15, 0.2) is 5.82 Å². The van der Waals surface area contributed by atoms with Gasteiger partial charge in [0.2, 0.25) is 5.89 Å². The molecule has 5 heteroatoms. The number of hydrogen-bond donors (Lipinski definition) is 1. The van der Waals surface area contributed by atoms with Crippen molar-refractivity contribution in [1.29, 1.82) is 0 Å². The molecule has 2 aromatic rings. The summed E-state index contributed by atoms with van der Waals surface area (Å²) in [5.41, 5.74) is 0.330. The highest BCUT2D eigenvalue weighted by Gasteiger charge is 2.51. The lowest BCUT2D eigenvalue weighted by molar-refractivity contribution is 0.352. The summed E-state index contributed by atoms with van der Waals surface area (Å²) in [4.78, 5) is 4.56. The lowest BCUT2D eigenvalue weighted by Gasteiger charge is -2.11. The minimum Gasteiger partial charge on any atom is -0.339 e. The van der Waals surface area contributed by atoms with Gasteiger partial charge in [0.25, 0.3) is 0 Å². The van der Waals surface area contributed by atoms with E-state index in [9.17, 15) is 4.39 Å². The van der Waals surface area contributed by atoms with Crippen LogP contribution in [-0.2, 0) is 5.41 Å². The number of rotatable bonds is 3. The average Bonchev–Trinajstić information content (AvgIpc) is 2.93. The second-order valence-electron chi connectivity index (χ2n) is 5.71. The molecule has 1 aliphatic carbocycles. The molecule has 1 saturated heterocycles. The Morgan fingerprint density at radius 3 is 2.85 bits per heavy atom. The topological polar surface area (TPSA) is 51.0 Å². The molecule has 1 aromatic heterocycles. The molecule has 2 heterocycles. The normalized spacial score (nSPS) is 23.9. The van der Waals surface area contributed by atoms with Crippen LogP contribution in [0.2, 0.25) is 0 Å². The summed E-state index contributed by atoms with van der Waals surface area (Å²) < 4.78 is 19.4. The first-order chi connectivity index (χ1) is 9.79. The maximum absolute atomic E-state index is 14.0. The summed E-state index contributed by atoms with van der Waals surface area (Å²) in [5, 5.41) is 7.42. The van der Waals surface area contributed by atoms with Crippen molar-refractivity contribution < 1.29 is 8.91 Å². The van der Waals surface area contributed by atoms with Crippen LogP contribution in [0, 0.1) is 5.82 Å². The first-order valence-corrected chi connectivity index (χ1v) is 7.09. The summed E-state index contributed by atoms with van der Waals surface area (Å²) in [6.45, 7) is 1.87. The highest BCUT2D eigenvalue weighted by atomic mass is 19.1. The standard InChI is InChI=1S/C15H16FN3O/c16-12-4-2-1-3-11(12)15(6-7-15)14-18-13(20-19-14)10-5-8-17-9-10/h1-4,10,17H,5-9H2. The van der Waals surface area contributed by atoms with Crippen molar-refractivity contribution in [3.05, 3.63) is 47.4 Å². The first-order valence-electron chi connectivity index (χ1n) is 7.09. The van der Waals surface area contributed by atoms with Gasteiger partial charge in [0.1, 0.15) is 5.82 Å². The van der Waals surface area contributed by atoms with E-state index >= 15 is 0 Å². The van der Waals surface area contributed by atoms with E-state index in [0.29, 0.717) is 23.2 Å². The van der Waals surface area contributed by atoms with Gasteiger partial charge in [0, 0.05) is 12.1 Å². The molecule has 0 amide bonds. The Kier molecular flexibility index (Phi) is 2.63. The van der Waals surface area contributed by atoms with E-state index < -0.39 is 0 Å². The average molecular weight is 273 g/mol. The Balaban J connectivity index is 1.69. The lowest BCUT2D eigenvalue weighted by atomic mass is 9.94. The van der Waals surface area contributed by atoms with Crippen LogP contribution in [0.15, 0.2) is 28.8 Å².